The van der Waals surface area contributed by atoms with Gasteiger partial charge in [0.2, 0.25) is 0 Å². The van der Waals surface area contributed by atoms with E-state index in [1.165, 1.54) is 29.5 Å². The van der Waals surface area contributed by atoms with Crippen molar-refractivity contribution in [2.75, 3.05) is 10.6 Å². The lowest BCUT2D eigenvalue weighted by Gasteiger charge is -2.32. The van der Waals surface area contributed by atoms with Crippen molar-refractivity contribution in [3.8, 4) is 0 Å². The number of anilines is 2. The first-order chi connectivity index (χ1) is 14.1. The highest BCUT2D eigenvalue weighted by atomic mass is 35.5. The average molecular weight is 496 g/mol. The van der Waals surface area contributed by atoms with Crippen LogP contribution in [0.4, 0.5) is 24.7 Å². The molecule has 0 fully saturated rings. The summed E-state index contributed by atoms with van der Waals surface area (Å²) < 4.78 is 42.0. The molecule has 0 spiro atoms. The fourth-order valence-electron chi connectivity index (χ4n) is 3.19. The van der Waals surface area contributed by atoms with Crippen molar-refractivity contribution in [2.45, 2.75) is 24.7 Å². The Kier molecular flexibility index (Phi) is 5.65. The Labute approximate surface area is 187 Å². The Bertz CT molecular complexity index is 1100. The summed E-state index contributed by atoms with van der Waals surface area (Å²) in [5, 5.41) is 11.4. The van der Waals surface area contributed by atoms with Gasteiger partial charge in [0, 0.05) is 16.3 Å². The van der Waals surface area contributed by atoms with E-state index in [2.05, 4.69) is 15.7 Å². The summed E-state index contributed by atoms with van der Waals surface area (Å²) in [4.78, 5) is 13.4. The number of nitrogens with zero attached hydrogens (tertiary/aromatic N) is 2. The first-order valence-corrected chi connectivity index (χ1v) is 10.6. The largest absolute Gasteiger partial charge is 0.410 e. The fraction of sp³-hybridized carbons (Fsp3) is 0.222. The molecule has 1 aromatic carbocycles. The Hall–Kier alpha value is -1.94. The molecule has 0 aliphatic carbocycles. The van der Waals surface area contributed by atoms with Crippen molar-refractivity contribution in [3.63, 3.8) is 0 Å². The summed E-state index contributed by atoms with van der Waals surface area (Å²) in [5.74, 6) is -0.868. The maximum Gasteiger partial charge on any atom is 0.410 e. The number of thiophene rings is 1. The lowest BCUT2D eigenvalue weighted by molar-refractivity contribution is -0.173. The molecule has 3 heterocycles. The third-order valence-corrected chi connectivity index (χ3v) is 6.48. The van der Waals surface area contributed by atoms with Crippen LogP contribution in [0.2, 0.25) is 15.1 Å². The molecule has 158 valence electrons. The number of rotatable bonds is 3. The van der Waals surface area contributed by atoms with Gasteiger partial charge in [-0.05, 0) is 29.6 Å². The zero-order valence-corrected chi connectivity index (χ0v) is 17.9. The molecule has 1 aliphatic heterocycles. The van der Waals surface area contributed by atoms with Crippen LogP contribution < -0.4 is 10.6 Å². The summed E-state index contributed by atoms with van der Waals surface area (Å²) in [5.41, 5.74) is -0.163. The maximum atomic E-state index is 13.8. The van der Waals surface area contributed by atoms with E-state index in [1.807, 2.05) is 0 Å². The molecule has 4 rings (SSSR count). The van der Waals surface area contributed by atoms with Crippen LogP contribution in [0.25, 0.3) is 0 Å². The number of carbonyl (C=O) groups excluding carboxylic acids is 1. The second-order valence-electron chi connectivity index (χ2n) is 6.54. The molecular formula is C18H12Cl3F3N4OS. The molecule has 2 N–H and O–H groups in total. The molecule has 2 aromatic heterocycles. The van der Waals surface area contributed by atoms with Gasteiger partial charge in [0.25, 0.3) is 5.91 Å². The van der Waals surface area contributed by atoms with Crippen LogP contribution >= 0.6 is 46.1 Å². The summed E-state index contributed by atoms with van der Waals surface area (Å²) in [7, 11) is 0. The topological polar surface area (TPSA) is 59.0 Å². The molecule has 30 heavy (non-hydrogen) atoms. The van der Waals surface area contributed by atoms with E-state index in [1.54, 1.807) is 17.5 Å². The molecule has 12 heteroatoms. The lowest BCUT2D eigenvalue weighted by Crippen LogP contribution is -2.35. The van der Waals surface area contributed by atoms with Crippen LogP contribution in [-0.2, 0) is 0 Å². The summed E-state index contributed by atoms with van der Waals surface area (Å²) >= 11 is 19.6. The van der Waals surface area contributed by atoms with Crippen molar-refractivity contribution >= 4 is 63.6 Å². The number of benzene rings is 1. The van der Waals surface area contributed by atoms with E-state index < -0.39 is 24.2 Å². The number of amides is 1. The first-order valence-electron chi connectivity index (χ1n) is 8.56. The zero-order valence-electron chi connectivity index (χ0n) is 14.8. The van der Waals surface area contributed by atoms with Gasteiger partial charge in [0.1, 0.15) is 10.8 Å². The minimum atomic E-state index is -4.58. The molecule has 1 aliphatic rings. The third-order valence-electron chi connectivity index (χ3n) is 4.57. The highest BCUT2D eigenvalue weighted by molar-refractivity contribution is 7.10. The van der Waals surface area contributed by atoms with Gasteiger partial charge in [-0.3, -0.25) is 4.79 Å². The van der Waals surface area contributed by atoms with Gasteiger partial charge in [-0.25, -0.2) is 4.68 Å². The van der Waals surface area contributed by atoms with Crippen molar-refractivity contribution in [1.29, 1.82) is 0 Å². The minimum Gasteiger partial charge on any atom is -0.361 e. The van der Waals surface area contributed by atoms with Gasteiger partial charge >= 0.3 is 6.18 Å². The number of aromatic nitrogens is 2. The van der Waals surface area contributed by atoms with Gasteiger partial charge < -0.3 is 10.6 Å². The molecule has 1 amide bonds. The SMILES string of the molecule is O=C(Nc1cc(Cl)ccc1Cl)c1nn2c(c1Cl)N[C@H](c1cccs1)C[C@H]2C(F)(F)F. The van der Waals surface area contributed by atoms with Crippen LogP contribution in [-0.4, -0.2) is 21.9 Å². The number of hydrogen-bond donors (Lipinski definition) is 2. The van der Waals surface area contributed by atoms with E-state index in [9.17, 15) is 18.0 Å². The lowest BCUT2D eigenvalue weighted by atomic mass is 10.0. The van der Waals surface area contributed by atoms with Crippen LogP contribution in [0.1, 0.15) is 33.9 Å². The predicted octanol–water partition coefficient (Wildman–Crippen LogP) is 6.82. The second-order valence-corrected chi connectivity index (χ2v) is 8.74. The molecule has 5 nitrogen and oxygen atoms in total. The number of hydrogen-bond acceptors (Lipinski definition) is 4. The van der Waals surface area contributed by atoms with E-state index >= 15 is 0 Å². The standard InChI is InChI=1S/C18H12Cl3F3N4OS/c19-8-3-4-9(20)10(6-8)26-17(29)15-14(21)16-25-11(12-2-1-5-30-12)7-13(18(22,23)24)28(16)27-15/h1-6,11,13,25H,7H2,(H,26,29)/t11-,13-/m0/s1. The molecular weight excluding hydrogens is 484 g/mol. The smallest absolute Gasteiger partial charge is 0.361 e. The van der Waals surface area contributed by atoms with Gasteiger partial charge in [-0.1, -0.05) is 40.9 Å². The van der Waals surface area contributed by atoms with E-state index in [0.717, 1.165) is 9.56 Å². The van der Waals surface area contributed by atoms with Gasteiger partial charge in [-0.2, -0.15) is 18.3 Å². The van der Waals surface area contributed by atoms with Gasteiger partial charge in [0.15, 0.2) is 11.7 Å². The van der Waals surface area contributed by atoms with Gasteiger partial charge in [0.05, 0.1) is 16.8 Å². The van der Waals surface area contributed by atoms with Crippen LogP contribution in [0.3, 0.4) is 0 Å². The highest BCUT2D eigenvalue weighted by Gasteiger charge is 2.48. The number of fused-ring (bicyclic) bond motifs is 1. The second kappa shape index (κ2) is 7.96. The van der Waals surface area contributed by atoms with E-state index in [-0.39, 0.29) is 33.7 Å². The predicted molar refractivity (Wildman–Crippen MR) is 112 cm³/mol. The van der Waals surface area contributed by atoms with Crippen LogP contribution in [0.15, 0.2) is 35.7 Å². The Morgan fingerprint density at radius 1 is 1.27 bits per heavy atom. The Morgan fingerprint density at radius 3 is 2.70 bits per heavy atom. The monoisotopic (exact) mass is 494 g/mol. The summed E-state index contributed by atoms with van der Waals surface area (Å²) in [6, 6.07) is 5.37. The summed E-state index contributed by atoms with van der Waals surface area (Å²) in [6.07, 6.45) is -4.86. The molecule has 2 atom stereocenters. The quantitative estimate of drug-likeness (QED) is 0.419. The molecule has 0 saturated carbocycles. The molecule has 0 radical (unpaired) electrons. The summed E-state index contributed by atoms with van der Waals surface area (Å²) in [6.45, 7) is 0. The van der Waals surface area contributed by atoms with E-state index in [0.29, 0.717) is 5.02 Å². The average Bonchev–Trinajstić information content (AvgIpc) is 3.32. The highest BCUT2D eigenvalue weighted by Crippen LogP contribution is 2.47. The number of halogens is 6. The van der Waals surface area contributed by atoms with Crippen molar-refractivity contribution in [2.24, 2.45) is 0 Å². The Balaban J connectivity index is 1.71. The number of alkyl halides is 3. The first kappa shape index (κ1) is 21.3. The van der Waals surface area contributed by atoms with Crippen LogP contribution in [0, 0.1) is 0 Å². The van der Waals surface area contributed by atoms with E-state index in [4.69, 9.17) is 34.8 Å². The molecule has 0 bridgehead atoms. The molecule has 0 unspecified atom stereocenters. The number of nitrogens with one attached hydrogen (secondary N) is 2. The van der Waals surface area contributed by atoms with Crippen molar-refractivity contribution < 1.29 is 18.0 Å². The van der Waals surface area contributed by atoms with Crippen molar-refractivity contribution in [3.05, 3.63) is 61.4 Å². The fourth-order valence-corrected chi connectivity index (χ4v) is 4.58. The molecule has 0 saturated heterocycles. The Morgan fingerprint density at radius 2 is 2.03 bits per heavy atom. The number of carbonyl (C=O) groups is 1. The normalized spacial score (nSPS) is 18.6. The molecule has 3 aromatic rings. The van der Waals surface area contributed by atoms with Crippen molar-refractivity contribution in [1.82, 2.24) is 9.78 Å². The zero-order chi connectivity index (χ0) is 21.6. The van der Waals surface area contributed by atoms with Crippen LogP contribution in [0.5, 0.6) is 0 Å². The minimum absolute atomic E-state index is 0.0639. The maximum absolute atomic E-state index is 13.8. The van der Waals surface area contributed by atoms with Gasteiger partial charge in [-0.15, -0.1) is 11.3 Å². The third kappa shape index (κ3) is 3.99.